The smallest absolute Gasteiger partial charge is 0.227 e. The fraction of sp³-hybridized carbons (Fsp3) is 0.278. The van der Waals surface area contributed by atoms with Gasteiger partial charge in [0.2, 0.25) is 17.6 Å². The molecule has 7 nitrogen and oxygen atoms in total. The van der Waals surface area contributed by atoms with Crippen molar-refractivity contribution in [2.45, 2.75) is 19.4 Å². The van der Waals surface area contributed by atoms with Crippen LogP contribution in [0.5, 0.6) is 11.5 Å². The molecular formula is C18H16ClN3O4S. The summed E-state index contributed by atoms with van der Waals surface area (Å²) in [6, 6.07) is 5.51. The van der Waals surface area contributed by atoms with Crippen LogP contribution in [0.25, 0.3) is 11.4 Å². The number of halogens is 1. The van der Waals surface area contributed by atoms with Gasteiger partial charge in [-0.05, 0) is 29.1 Å². The van der Waals surface area contributed by atoms with Crippen LogP contribution < -0.4 is 14.8 Å². The van der Waals surface area contributed by atoms with E-state index in [9.17, 15) is 4.79 Å². The van der Waals surface area contributed by atoms with Gasteiger partial charge in [0.15, 0.2) is 11.5 Å². The lowest BCUT2D eigenvalue weighted by molar-refractivity contribution is -0.121. The Morgan fingerprint density at radius 3 is 3.04 bits per heavy atom. The maximum Gasteiger partial charge on any atom is 0.227 e. The lowest BCUT2D eigenvalue weighted by Crippen LogP contribution is -2.23. The fourth-order valence-corrected chi connectivity index (χ4v) is 3.56. The van der Waals surface area contributed by atoms with Gasteiger partial charge < -0.3 is 19.3 Å². The Bertz CT molecular complexity index is 942. The third kappa shape index (κ3) is 4.23. The van der Waals surface area contributed by atoms with E-state index in [-0.39, 0.29) is 12.3 Å². The van der Waals surface area contributed by atoms with Gasteiger partial charge in [0.1, 0.15) is 13.2 Å². The van der Waals surface area contributed by atoms with Crippen LogP contribution in [-0.4, -0.2) is 29.3 Å². The molecule has 1 N–H and O–H groups in total. The monoisotopic (exact) mass is 405 g/mol. The number of amides is 1. The molecule has 0 saturated heterocycles. The average Bonchev–Trinajstić information content (AvgIpc) is 3.36. The molecule has 3 aromatic rings. The van der Waals surface area contributed by atoms with Crippen LogP contribution in [0, 0.1) is 0 Å². The van der Waals surface area contributed by atoms with E-state index in [1.807, 2.05) is 22.9 Å². The van der Waals surface area contributed by atoms with Gasteiger partial charge in [-0.1, -0.05) is 16.8 Å². The second-order valence-corrected chi connectivity index (χ2v) is 7.09. The maximum atomic E-state index is 12.1. The standard InChI is InChI=1S/C18H16ClN3O4S/c19-13-7-11(8-14-17(13)25-5-4-24-14)9-20-15(23)1-2-16-21-18(22-26-16)12-3-6-27-10-12/h3,6-8,10H,1-2,4-5,9H2,(H,20,23). The Morgan fingerprint density at radius 1 is 1.30 bits per heavy atom. The Morgan fingerprint density at radius 2 is 2.19 bits per heavy atom. The molecule has 0 aliphatic carbocycles. The molecule has 27 heavy (non-hydrogen) atoms. The molecule has 1 amide bonds. The summed E-state index contributed by atoms with van der Waals surface area (Å²) >= 11 is 7.77. The Balaban J connectivity index is 1.29. The van der Waals surface area contributed by atoms with E-state index in [0.717, 1.165) is 11.1 Å². The van der Waals surface area contributed by atoms with Gasteiger partial charge in [-0.2, -0.15) is 16.3 Å². The number of carbonyl (C=O) groups is 1. The summed E-state index contributed by atoms with van der Waals surface area (Å²) in [4.78, 5) is 16.4. The summed E-state index contributed by atoms with van der Waals surface area (Å²) in [6.45, 7) is 1.31. The molecule has 0 fully saturated rings. The van der Waals surface area contributed by atoms with Crippen molar-refractivity contribution < 1.29 is 18.8 Å². The summed E-state index contributed by atoms with van der Waals surface area (Å²) in [5, 5.41) is 11.2. The number of nitrogens with one attached hydrogen (secondary N) is 1. The van der Waals surface area contributed by atoms with Gasteiger partial charge in [0.25, 0.3) is 0 Å². The first kappa shape index (κ1) is 17.8. The number of aromatic nitrogens is 2. The van der Waals surface area contributed by atoms with Gasteiger partial charge >= 0.3 is 0 Å². The van der Waals surface area contributed by atoms with Crippen LogP contribution in [0.1, 0.15) is 17.9 Å². The zero-order valence-electron chi connectivity index (χ0n) is 14.2. The van der Waals surface area contributed by atoms with Crippen molar-refractivity contribution in [1.29, 1.82) is 0 Å². The molecule has 3 heterocycles. The van der Waals surface area contributed by atoms with E-state index in [1.54, 1.807) is 17.4 Å². The van der Waals surface area contributed by atoms with Crippen molar-refractivity contribution in [1.82, 2.24) is 15.5 Å². The molecule has 4 rings (SSSR count). The zero-order valence-corrected chi connectivity index (χ0v) is 15.8. The molecule has 9 heteroatoms. The minimum absolute atomic E-state index is 0.115. The molecule has 2 aromatic heterocycles. The topological polar surface area (TPSA) is 86.5 Å². The first-order chi connectivity index (χ1) is 13.2. The van der Waals surface area contributed by atoms with Gasteiger partial charge in [-0.3, -0.25) is 4.79 Å². The maximum absolute atomic E-state index is 12.1. The van der Waals surface area contributed by atoms with Crippen molar-refractivity contribution in [3.05, 3.63) is 45.4 Å². The van der Waals surface area contributed by atoms with Crippen LogP contribution >= 0.6 is 22.9 Å². The highest BCUT2D eigenvalue weighted by Gasteiger charge is 2.17. The Labute approximate surface area is 164 Å². The molecular weight excluding hydrogens is 390 g/mol. The molecule has 1 aromatic carbocycles. The highest BCUT2D eigenvalue weighted by molar-refractivity contribution is 7.08. The predicted molar refractivity (Wildman–Crippen MR) is 100 cm³/mol. The number of ether oxygens (including phenoxy) is 2. The largest absolute Gasteiger partial charge is 0.486 e. The van der Waals surface area contributed by atoms with E-state index in [2.05, 4.69) is 15.5 Å². The van der Waals surface area contributed by atoms with Gasteiger partial charge in [0, 0.05) is 30.3 Å². The van der Waals surface area contributed by atoms with Crippen molar-refractivity contribution in [3.63, 3.8) is 0 Å². The molecule has 0 saturated carbocycles. The van der Waals surface area contributed by atoms with Crippen molar-refractivity contribution in [2.75, 3.05) is 13.2 Å². The third-order valence-corrected chi connectivity index (χ3v) is 4.92. The van der Waals surface area contributed by atoms with E-state index < -0.39 is 0 Å². The minimum Gasteiger partial charge on any atom is -0.486 e. The van der Waals surface area contributed by atoms with E-state index in [0.29, 0.717) is 54.4 Å². The number of aryl methyl sites for hydroxylation is 1. The van der Waals surface area contributed by atoms with Crippen LogP contribution in [-0.2, 0) is 17.8 Å². The molecule has 140 valence electrons. The van der Waals surface area contributed by atoms with Crippen LogP contribution in [0.3, 0.4) is 0 Å². The number of fused-ring (bicyclic) bond motifs is 1. The number of hydrogen-bond donors (Lipinski definition) is 1. The van der Waals surface area contributed by atoms with Crippen LogP contribution in [0.2, 0.25) is 5.02 Å². The number of benzene rings is 1. The van der Waals surface area contributed by atoms with Crippen molar-refractivity contribution in [2.24, 2.45) is 0 Å². The van der Waals surface area contributed by atoms with E-state index in [4.69, 9.17) is 25.6 Å². The molecule has 0 bridgehead atoms. The lowest BCUT2D eigenvalue weighted by atomic mass is 10.2. The van der Waals surface area contributed by atoms with Gasteiger partial charge in [0.05, 0.1) is 5.02 Å². The number of nitrogens with zero attached hydrogens (tertiary/aromatic N) is 2. The number of hydrogen-bond acceptors (Lipinski definition) is 7. The summed E-state index contributed by atoms with van der Waals surface area (Å²) in [6.07, 6.45) is 0.633. The zero-order chi connectivity index (χ0) is 18.6. The average molecular weight is 406 g/mol. The fourth-order valence-electron chi connectivity index (χ4n) is 2.64. The van der Waals surface area contributed by atoms with Crippen molar-refractivity contribution in [3.8, 4) is 22.9 Å². The summed E-state index contributed by atoms with van der Waals surface area (Å²) in [5.74, 6) is 2.02. The second-order valence-electron chi connectivity index (χ2n) is 5.90. The minimum atomic E-state index is -0.115. The Kier molecular flexibility index (Phi) is 5.26. The van der Waals surface area contributed by atoms with Crippen LogP contribution in [0.4, 0.5) is 0 Å². The molecule has 1 aliphatic heterocycles. The second kappa shape index (κ2) is 7.98. The van der Waals surface area contributed by atoms with E-state index >= 15 is 0 Å². The van der Waals surface area contributed by atoms with Crippen molar-refractivity contribution >= 4 is 28.8 Å². The highest BCUT2D eigenvalue weighted by atomic mass is 35.5. The van der Waals surface area contributed by atoms with Gasteiger partial charge in [-0.15, -0.1) is 0 Å². The normalized spacial score (nSPS) is 12.8. The third-order valence-electron chi connectivity index (χ3n) is 3.96. The van der Waals surface area contributed by atoms with Crippen LogP contribution in [0.15, 0.2) is 33.5 Å². The molecule has 0 unspecified atom stereocenters. The predicted octanol–water partition coefficient (Wildman–Crippen LogP) is 3.47. The molecule has 0 atom stereocenters. The Hall–Kier alpha value is -2.58. The number of rotatable bonds is 6. The molecule has 1 aliphatic rings. The first-order valence-corrected chi connectivity index (χ1v) is 9.71. The first-order valence-electron chi connectivity index (χ1n) is 8.39. The summed E-state index contributed by atoms with van der Waals surface area (Å²) in [5.41, 5.74) is 1.75. The number of carbonyl (C=O) groups excluding carboxylic acids is 1. The molecule has 0 spiro atoms. The lowest BCUT2D eigenvalue weighted by Gasteiger charge is -2.20. The van der Waals surface area contributed by atoms with Gasteiger partial charge in [-0.25, -0.2) is 0 Å². The van der Waals surface area contributed by atoms with E-state index in [1.165, 1.54) is 0 Å². The quantitative estimate of drug-likeness (QED) is 0.675. The highest BCUT2D eigenvalue weighted by Crippen LogP contribution is 2.38. The summed E-state index contributed by atoms with van der Waals surface area (Å²) in [7, 11) is 0. The molecule has 0 radical (unpaired) electrons. The summed E-state index contributed by atoms with van der Waals surface area (Å²) < 4.78 is 16.2. The SMILES string of the molecule is O=C(CCc1nc(-c2ccsc2)no1)NCc1cc(Cl)c2c(c1)OCCO2. The number of thiophene rings is 1.